The molecule has 12 heteroatoms. The Morgan fingerprint density at radius 1 is 1.30 bits per heavy atom. The zero-order valence-electron chi connectivity index (χ0n) is 22.9. The Hall–Kier alpha value is -3.87. The van der Waals surface area contributed by atoms with Crippen LogP contribution in [0.2, 0.25) is 0 Å². The number of thiophene rings is 1. The molecule has 11 nitrogen and oxygen atoms in total. The lowest BCUT2D eigenvalue weighted by atomic mass is 9.94. The van der Waals surface area contributed by atoms with Crippen LogP contribution in [-0.4, -0.2) is 86.8 Å². The zero-order valence-corrected chi connectivity index (χ0v) is 23.7. The first kappa shape index (κ1) is 27.7. The first-order chi connectivity index (χ1) is 19.4. The molecule has 0 unspecified atom stereocenters. The fraction of sp³-hybridized carbons (Fsp3) is 0.393. The first-order valence-corrected chi connectivity index (χ1v) is 14.3. The van der Waals surface area contributed by atoms with E-state index in [-0.39, 0.29) is 18.6 Å². The number of aromatic nitrogens is 4. The Morgan fingerprint density at radius 3 is 2.75 bits per heavy atom. The van der Waals surface area contributed by atoms with Gasteiger partial charge in [-0.2, -0.15) is 5.10 Å². The summed E-state index contributed by atoms with van der Waals surface area (Å²) in [4.78, 5) is 40.6. The Kier molecular flexibility index (Phi) is 8.10. The molecule has 2 amide bonds. The van der Waals surface area contributed by atoms with Crippen molar-refractivity contribution in [3.8, 4) is 21.8 Å². The molecule has 2 atom stereocenters. The van der Waals surface area contributed by atoms with E-state index >= 15 is 0 Å². The molecule has 210 valence electrons. The summed E-state index contributed by atoms with van der Waals surface area (Å²) < 4.78 is 1.68. The molecule has 4 aromatic heterocycles. The second-order valence-electron chi connectivity index (χ2n) is 9.86. The average molecular weight is 563 g/mol. The summed E-state index contributed by atoms with van der Waals surface area (Å²) >= 11 is 1.60. The van der Waals surface area contributed by atoms with Gasteiger partial charge in [0.2, 0.25) is 11.8 Å². The van der Waals surface area contributed by atoms with Crippen molar-refractivity contribution in [2.45, 2.75) is 38.8 Å². The van der Waals surface area contributed by atoms with E-state index in [1.165, 1.54) is 0 Å². The minimum Gasteiger partial charge on any atom is -0.395 e. The summed E-state index contributed by atoms with van der Waals surface area (Å²) in [5, 5.41) is 18.8. The highest BCUT2D eigenvalue weighted by Crippen LogP contribution is 2.36. The van der Waals surface area contributed by atoms with Crippen molar-refractivity contribution in [2.75, 3.05) is 38.2 Å². The van der Waals surface area contributed by atoms with E-state index in [1.807, 2.05) is 41.6 Å². The highest BCUT2D eigenvalue weighted by Gasteiger charge is 2.37. The van der Waals surface area contributed by atoms with Gasteiger partial charge in [0.05, 0.1) is 34.6 Å². The summed E-state index contributed by atoms with van der Waals surface area (Å²) in [6.45, 7) is 5.98. The third-order valence-corrected chi connectivity index (χ3v) is 8.44. The maximum atomic E-state index is 12.9. The van der Waals surface area contributed by atoms with Gasteiger partial charge in [-0.05, 0) is 49.9 Å². The Bertz CT molecular complexity index is 1520. The van der Waals surface area contributed by atoms with Crippen molar-refractivity contribution in [1.82, 2.24) is 29.8 Å². The van der Waals surface area contributed by atoms with Gasteiger partial charge in [-0.25, -0.2) is 14.5 Å². The van der Waals surface area contributed by atoms with Gasteiger partial charge >= 0.3 is 0 Å². The Labute approximate surface area is 236 Å². The topological polar surface area (TPSA) is 142 Å². The van der Waals surface area contributed by atoms with Crippen molar-refractivity contribution < 1.29 is 14.7 Å². The maximum Gasteiger partial charge on any atom is 0.249 e. The number of carbonyl (C=O) groups is 2. The average Bonchev–Trinajstić information content (AvgIpc) is 3.61. The van der Waals surface area contributed by atoms with Gasteiger partial charge in [0.15, 0.2) is 5.65 Å². The first-order valence-electron chi connectivity index (χ1n) is 13.4. The van der Waals surface area contributed by atoms with Crippen LogP contribution >= 0.6 is 11.3 Å². The van der Waals surface area contributed by atoms with E-state index in [0.29, 0.717) is 59.8 Å². The van der Waals surface area contributed by atoms with Crippen LogP contribution in [0, 0.1) is 0 Å². The molecule has 0 spiro atoms. The quantitative estimate of drug-likeness (QED) is 0.253. The summed E-state index contributed by atoms with van der Waals surface area (Å²) in [5.41, 5.74) is 9.61. The van der Waals surface area contributed by atoms with E-state index in [9.17, 15) is 14.7 Å². The van der Waals surface area contributed by atoms with Crippen molar-refractivity contribution in [3.05, 3.63) is 53.2 Å². The number of nitrogens with zero attached hydrogens (tertiary/aromatic N) is 6. The van der Waals surface area contributed by atoms with Crippen molar-refractivity contribution in [3.63, 3.8) is 0 Å². The third-order valence-electron chi connectivity index (χ3n) is 7.54. The van der Waals surface area contributed by atoms with Crippen LogP contribution in [0.5, 0.6) is 0 Å². The number of pyridine rings is 1. The smallest absolute Gasteiger partial charge is 0.249 e. The van der Waals surface area contributed by atoms with E-state index in [4.69, 9.17) is 15.7 Å². The van der Waals surface area contributed by atoms with Gasteiger partial charge in [-0.3, -0.25) is 14.5 Å². The number of rotatable bonds is 11. The third kappa shape index (κ3) is 5.17. The van der Waals surface area contributed by atoms with E-state index in [2.05, 4.69) is 22.2 Å². The second-order valence-corrected chi connectivity index (χ2v) is 10.8. The van der Waals surface area contributed by atoms with E-state index in [1.54, 1.807) is 35.2 Å². The fourth-order valence-electron chi connectivity index (χ4n) is 5.29. The molecular weight excluding hydrogens is 528 g/mol. The highest BCUT2D eigenvalue weighted by atomic mass is 32.1. The van der Waals surface area contributed by atoms with Crippen LogP contribution < -0.4 is 16.0 Å². The largest absolute Gasteiger partial charge is 0.395 e. The predicted octanol–water partition coefficient (Wildman–Crippen LogP) is 2.19. The van der Waals surface area contributed by atoms with Gasteiger partial charge in [0, 0.05) is 43.5 Å². The molecule has 1 aliphatic heterocycles. The molecular formula is C28H34N8O3S. The number of nitrogens with two attached hydrogens (primary N) is 1. The number of nitrogens with one attached hydrogen (secondary N) is 1. The monoisotopic (exact) mass is 562 g/mol. The molecule has 0 aliphatic carbocycles. The Balaban J connectivity index is 1.66. The van der Waals surface area contributed by atoms with Crippen molar-refractivity contribution >= 4 is 34.6 Å². The van der Waals surface area contributed by atoms with Gasteiger partial charge in [0.1, 0.15) is 11.9 Å². The number of likely N-dealkylation sites (N-methyl/N-ethyl adjacent to an activating group) is 2. The van der Waals surface area contributed by atoms with Gasteiger partial charge in [-0.1, -0.05) is 13.0 Å². The van der Waals surface area contributed by atoms with Crippen LogP contribution in [0.3, 0.4) is 0 Å². The van der Waals surface area contributed by atoms with E-state index in [0.717, 1.165) is 17.1 Å². The van der Waals surface area contributed by atoms with Crippen LogP contribution in [0.4, 0.5) is 5.82 Å². The van der Waals surface area contributed by atoms with Crippen molar-refractivity contribution in [1.29, 1.82) is 0 Å². The summed E-state index contributed by atoms with van der Waals surface area (Å²) in [6.07, 6.45) is 4.69. The number of aliphatic hydroxyl groups excluding tert-OH is 1. The maximum absolute atomic E-state index is 12.9. The number of hydrogen-bond acceptors (Lipinski definition) is 9. The van der Waals surface area contributed by atoms with E-state index < -0.39 is 11.9 Å². The number of fused-ring (bicyclic) bond motifs is 1. The predicted molar refractivity (Wildman–Crippen MR) is 155 cm³/mol. The summed E-state index contributed by atoms with van der Waals surface area (Å²) in [5.74, 6) is -0.114. The number of anilines is 1. The van der Waals surface area contributed by atoms with Crippen LogP contribution in [0.25, 0.3) is 27.5 Å². The molecule has 4 N–H and O–H groups in total. The standard InChI is InChI=1S/C28H34N8O3S/c1-4-34(11-12-37)17(2)14-19-18(25(29)38)15-22(33-26(19)35-9-8-23(35)28(39)30-3)20-16-31-36-10-7-21(32-27(20)36)24-6-5-13-40-24/h5-7,10,13,15-17,23,37H,4,8-9,11-12,14H2,1-3H3,(H2,29,38)(H,30,39)/t17-,23-/m0/s1. The number of carbonyl (C=O) groups excluding carboxylic acids is 2. The molecule has 0 radical (unpaired) electrons. The minimum absolute atomic E-state index is 0.00613. The molecule has 0 bridgehead atoms. The normalized spacial score (nSPS) is 15.8. The fourth-order valence-corrected chi connectivity index (χ4v) is 5.98. The Morgan fingerprint density at radius 2 is 2.12 bits per heavy atom. The minimum atomic E-state index is -0.571. The lowest BCUT2D eigenvalue weighted by Crippen LogP contribution is -2.56. The number of amides is 2. The summed E-state index contributed by atoms with van der Waals surface area (Å²) in [6, 6.07) is 7.21. The molecule has 1 fully saturated rings. The second kappa shape index (κ2) is 11.7. The van der Waals surface area contributed by atoms with Crippen LogP contribution in [-0.2, 0) is 11.2 Å². The molecule has 4 aromatic rings. The van der Waals surface area contributed by atoms with Gasteiger partial charge < -0.3 is 21.1 Å². The van der Waals surface area contributed by atoms with Crippen LogP contribution in [0.1, 0.15) is 36.2 Å². The zero-order chi connectivity index (χ0) is 28.4. The molecule has 40 heavy (non-hydrogen) atoms. The number of aliphatic hydroxyl groups is 1. The summed E-state index contributed by atoms with van der Waals surface area (Å²) in [7, 11) is 1.62. The molecule has 1 aliphatic rings. The van der Waals surface area contributed by atoms with Gasteiger partial charge in [-0.15, -0.1) is 11.3 Å². The van der Waals surface area contributed by atoms with Crippen molar-refractivity contribution in [2.24, 2.45) is 5.73 Å². The lowest BCUT2D eigenvalue weighted by molar-refractivity contribution is -0.123. The molecule has 1 saturated heterocycles. The highest BCUT2D eigenvalue weighted by molar-refractivity contribution is 7.13. The molecule has 5 heterocycles. The van der Waals surface area contributed by atoms with Gasteiger partial charge in [0.25, 0.3) is 0 Å². The molecule has 0 saturated carbocycles. The molecule has 0 aromatic carbocycles. The lowest BCUT2D eigenvalue weighted by Gasteiger charge is -2.42. The SMILES string of the molecule is CCN(CCO)[C@@H](C)Cc1c(C(N)=O)cc(-c2cnn3ccc(-c4cccs4)nc23)nc1N1CC[C@H]1C(=O)NC. The number of primary amides is 1. The molecule has 5 rings (SSSR count). The number of hydrogen-bond donors (Lipinski definition) is 3. The van der Waals surface area contributed by atoms with Crippen LogP contribution in [0.15, 0.2) is 42.0 Å².